The van der Waals surface area contributed by atoms with Crippen LogP contribution in [0.2, 0.25) is 0 Å². The molecule has 3 aromatic rings. The molecule has 0 aliphatic carbocycles. The van der Waals surface area contributed by atoms with Crippen molar-refractivity contribution in [1.29, 1.82) is 0 Å². The minimum atomic E-state index is -0.646. The van der Waals surface area contributed by atoms with Gasteiger partial charge in [-0.25, -0.2) is 4.39 Å². The SMILES string of the molecule is CCCNC(=O)[C@@H](Cc1ccccc1)N(Cc1ccc(C)cc1)C(=O)CSCc1ccccc1F. The zero-order valence-corrected chi connectivity index (χ0v) is 21.2. The van der Waals surface area contributed by atoms with E-state index >= 15 is 0 Å². The van der Waals surface area contributed by atoms with Gasteiger partial charge in [0.25, 0.3) is 0 Å². The Morgan fingerprint density at radius 2 is 1.63 bits per heavy atom. The second-order valence-electron chi connectivity index (χ2n) is 8.59. The van der Waals surface area contributed by atoms with E-state index in [1.807, 2.05) is 68.4 Å². The summed E-state index contributed by atoms with van der Waals surface area (Å²) < 4.78 is 14.0. The predicted molar refractivity (Wildman–Crippen MR) is 142 cm³/mol. The van der Waals surface area contributed by atoms with Gasteiger partial charge >= 0.3 is 0 Å². The van der Waals surface area contributed by atoms with Crippen molar-refractivity contribution < 1.29 is 14.0 Å². The molecule has 2 amide bonds. The molecular weight excluding hydrogens is 459 g/mol. The Hall–Kier alpha value is -3.12. The first-order valence-corrected chi connectivity index (χ1v) is 13.1. The largest absolute Gasteiger partial charge is 0.354 e. The maximum Gasteiger partial charge on any atom is 0.243 e. The maximum absolute atomic E-state index is 14.0. The highest BCUT2D eigenvalue weighted by Crippen LogP contribution is 2.20. The number of halogens is 1. The summed E-state index contributed by atoms with van der Waals surface area (Å²) in [5.74, 6) is -0.0195. The van der Waals surface area contributed by atoms with E-state index in [1.54, 1.807) is 23.1 Å². The predicted octanol–water partition coefficient (Wildman–Crippen LogP) is 5.53. The van der Waals surface area contributed by atoms with Crippen LogP contribution in [0.25, 0.3) is 0 Å². The van der Waals surface area contributed by atoms with Crippen molar-refractivity contribution in [3.8, 4) is 0 Å². The number of hydrogen-bond acceptors (Lipinski definition) is 3. The fraction of sp³-hybridized carbons (Fsp3) is 0.310. The molecule has 3 rings (SSSR count). The van der Waals surface area contributed by atoms with Gasteiger partial charge in [-0.3, -0.25) is 9.59 Å². The summed E-state index contributed by atoms with van der Waals surface area (Å²) in [5.41, 5.74) is 3.65. The summed E-state index contributed by atoms with van der Waals surface area (Å²) in [6.45, 7) is 4.90. The highest BCUT2D eigenvalue weighted by atomic mass is 32.2. The second-order valence-corrected chi connectivity index (χ2v) is 9.57. The van der Waals surface area contributed by atoms with E-state index in [0.29, 0.717) is 30.8 Å². The normalized spacial score (nSPS) is 11.6. The Labute approximate surface area is 211 Å². The number of amides is 2. The number of aryl methyl sites for hydroxylation is 1. The molecule has 0 radical (unpaired) electrons. The molecule has 4 nitrogen and oxygen atoms in total. The van der Waals surface area contributed by atoms with Crippen LogP contribution in [0.1, 0.15) is 35.6 Å². The summed E-state index contributed by atoms with van der Waals surface area (Å²) in [7, 11) is 0. The van der Waals surface area contributed by atoms with Gasteiger partial charge in [-0.05, 0) is 36.1 Å². The van der Waals surface area contributed by atoms with Crippen LogP contribution < -0.4 is 5.32 Å². The lowest BCUT2D eigenvalue weighted by atomic mass is 10.0. The number of rotatable bonds is 12. The van der Waals surface area contributed by atoms with Crippen LogP contribution in [0.15, 0.2) is 78.9 Å². The van der Waals surface area contributed by atoms with Crippen molar-refractivity contribution >= 4 is 23.6 Å². The van der Waals surface area contributed by atoms with Crippen molar-refractivity contribution in [3.63, 3.8) is 0 Å². The van der Waals surface area contributed by atoms with Gasteiger partial charge in [0.1, 0.15) is 11.9 Å². The number of hydrogen-bond donors (Lipinski definition) is 1. The van der Waals surface area contributed by atoms with Crippen LogP contribution in [0.3, 0.4) is 0 Å². The van der Waals surface area contributed by atoms with Gasteiger partial charge in [-0.2, -0.15) is 0 Å². The highest BCUT2D eigenvalue weighted by Gasteiger charge is 2.30. The van der Waals surface area contributed by atoms with Gasteiger partial charge in [0.15, 0.2) is 0 Å². The van der Waals surface area contributed by atoms with Crippen LogP contribution in [0.5, 0.6) is 0 Å². The highest BCUT2D eigenvalue weighted by molar-refractivity contribution is 7.99. The topological polar surface area (TPSA) is 49.4 Å². The molecule has 0 saturated carbocycles. The number of carbonyl (C=O) groups is 2. The molecule has 35 heavy (non-hydrogen) atoms. The lowest BCUT2D eigenvalue weighted by molar-refractivity contribution is -0.139. The third-order valence-corrected chi connectivity index (χ3v) is 6.70. The molecule has 0 aliphatic heterocycles. The van der Waals surface area contributed by atoms with Crippen molar-refractivity contribution in [3.05, 3.63) is 107 Å². The van der Waals surface area contributed by atoms with Crippen LogP contribution in [-0.2, 0) is 28.3 Å². The first-order chi connectivity index (χ1) is 17.0. The van der Waals surface area contributed by atoms with E-state index in [-0.39, 0.29) is 23.4 Å². The molecule has 0 fully saturated rings. The summed E-state index contributed by atoms with van der Waals surface area (Å²) in [6.07, 6.45) is 1.24. The van der Waals surface area contributed by atoms with E-state index < -0.39 is 6.04 Å². The van der Waals surface area contributed by atoms with Crippen LogP contribution >= 0.6 is 11.8 Å². The molecule has 0 unspecified atom stereocenters. The first-order valence-electron chi connectivity index (χ1n) is 12.0. The molecular formula is C29H33FN2O2S. The summed E-state index contributed by atoms with van der Waals surface area (Å²) in [6, 6.07) is 23.7. The maximum atomic E-state index is 14.0. The summed E-state index contributed by atoms with van der Waals surface area (Å²) >= 11 is 1.36. The summed E-state index contributed by atoms with van der Waals surface area (Å²) in [4.78, 5) is 28.5. The average Bonchev–Trinajstić information content (AvgIpc) is 2.87. The molecule has 1 N–H and O–H groups in total. The van der Waals surface area contributed by atoms with Crippen molar-refractivity contribution in [2.45, 2.75) is 45.0 Å². The van der Waals surface area contributed by atoms with Gasteiger partial charge in [-0.15, -0.1) is 11.8 Å². The fourth-order valence-electron chi connectivity index (χ4n) is 3.76. The van der Waals surface area contributed by atoms with Crippen LogP contribution in [-0.4, -0.2) is 35.1 Å². The number of nitrogens with zero attached hydrogens (tertiary/aromatic N) is 1. The molecule has 0 heterocycles. The number of benzene rings is 3. The zero-order chi connectivity index (χ0) is 25.0. The van der Waals surface area contributed by atoms with Crippen molar-refractivity contribution in [2.24, 2.45) is 0 Å². The van der Waals surface area contributed by atoms with Gasteiger partial charge < -0.3 is 10.2 Å². The Morgan fingerprint density at radius 3 is 2.31 bits per heavy atom. The Bertz CT molecular complexity index is 1090. The van der Waals surface area contributed by atoms with E-state index in [2.05, 4.69) is 5.32 Å². The third-order valence-electron chi connectivity index (χ3n) is 5.73. The van der Waals surface area contributed by atoms with Crippen LogP contribution in [0, 0.1) is 12.7 Å². The van der Waals surface area contributed by atoms with Crippen molar-refractivity contribution in [1.82, 2.24) is 10.2 Å². The second kappa shape index (κ2) is 13.7. The van der Waals surface area contributed by atoms with Gasteiger partial charge in [0, 0.05) is 25.3 Å². The fourth-order valence-corrected chi connectivity index (χ4v) is 4.65. The number of carbonyl (C=O) groups excluding carboxylic acids is 2. The van der Waals surface area contributed by atoms with Gasteiger partial charge in [-0.1, -0.05) is 85.3 Å². The molecule has 1 atom stereocenters. The van der Waals surface area contributed by atoms with Crippen molar-refractivity contribution in [2.75, 3.05) is 12.3 Å². The lowest BCUT2D eigenvalue weighted by Gasteiger charge is -2.31. The molecule has 0 saturated heterocycles. The molecule has 0 aromatic heterocycles. The first kappa shape index (κ1) is 26.5. The third kappa shape index (κ3) is 8.25. The smallest absolute Gasteiger partial charge is 0.243 e. The van der Waals surface area contributed by atoms with E-state index in [0.717, 1.165) is 23.1 Å². The molecule has 0 aliphatic rings. The molecule has 6 heteroatoms. The Kier molecular flexibility index (Phi) is 10.4. The minimum Gasteiger partial charge on any atom is -0.354 e. The Morgan fingerprint density at radius 1 is 0.943 bits per heavy atom. The van der Waals surface area contributed by atoms with Gasteiger partial charge in [0.2, 0.25) is 11.8 Å². The lowest BCUT2D eigenvalue weighted by Crippen LogP contribution is -2.51. The average molecular weight is 493 g/mol. The monoisotopic (exact) mass is 492 g/mol. The molecule has 184 valence electrons. The van der Waals surface area contributed by atoms with E-state index in [4.69, 9.17) is 0 Å². The molecule has 0 spiro atoms. The van der Waals surface area contributed by atoms with E-state index in [9.17, 15) is 14.0 Å². The number of nitrogens with one attached hydrogen (secondary N) is 1. The minimum absolute atomic E-state index is 0.139. The molecule has 3 aromatic carbocycles. The van der Waals surface area contributed by atoms with Gasteiger partial charge in [0.05, 0.1) is 5.75 Å². The zero-order valence-electron chi connectivity index (χ0n) is 20.4. The molecule has 0 bridgehead atoms. The Balaban J connectivity index is 1.83. The van der Waals surface area contributed by atoms with E-state index in [1.165, 1.54) is 17.8 Å². The number of thioether (sulfide) groups is 1. The quantitative estimate of drug-likeness (QED) is 0.362. The summed E-state index contributed by atoms with van der Waals surface area (Å²) in [5, 5.41) is 2.98. The van der Waals surface area contributed by atoms with Crippen LogP contribution in [0.4, 0.5) is 4.39 Å². The standard InChI is InChI=1S/C29H33FN2O2S/c1-3-17-31-29(34)27(18-23-9-5-4-6-10-23)32(19-24-15-13-22(2)14-16-24)28(33)21-35-20-25-11-7-8-12-26(25)30/h4-16,27H,3,17-21H2,1-2H3,(H,31,34)/t27-/m1/s1.